The maximum Gasteiger partial charge on any atom is 0.258 e. The second kappa shape index (κ2) is 6.60. The van der Waals surface area contributed by atoms with E-state index in [2.05, 4.69) is 20.9 Å². The first-order valence-electron chi connectivity index (χ1n) is 7.13. The van der Waals surface area contributed by atoms with Gasteiger partial charge in [0.15, 0.2) is 0 Å². The van der Waals surface area contributed by atoms with Crippen LogP contribution in [0.25, 0.3) is 5.65 Å². The lowest BCUT2D eigenvalue weighted by Gasteiger charge is -2.17. The van der Waals surface area contributed by atoms with Gasteiger partial charge in [0.25, 0.3) is 5.56 Å². The molecule has 0 unspecified atom stereocenters. The SMILES string of the molecule is CN(Cc1cc(=O)n2ccccc2n1)Cc1cc(Br)ccc1F. The van der Waals surface area contributed by atoms with Crippen molar-refractivity contribution in [1.29, 1.82) is 0 Å². The molecule has 0 aliphatic heterocycles. The van der Waals surface area contributed by atoms with Crippen LogP contribution < -0.4 is 5.56 Å². The molecule has 0 aliphatic rings. The standard InChI is InChI=1S/C17H15BrFN3O/c1-21(10-12-8-13(18)5-6-15(12)19)11-14-9-17(23)22-7-3-2-4-16(22)20-14/h2-9H,10-11H2,1H3. The van der Waals surface area contributed by atoms with E-state index in [1.165, 1.54) is 16.5 Å². The van der Waals surface area contributed by atoms with Crippen LogP contribution in [0.2, 0.25) is 0 Å². The molecule has 0 N–H and O–H groups in total. The summed E-state index contributed by atoms with van der Waals surface area (Å²) in [5.41, 5.74) is 1.75. The number of benzene rings is 1. The lowest BCUT2D eigenvalue weighted by molar-refractivity contribution is 0.309. The molecular formula is C17H15BrFN3O. The van der Waals surface area contributed by atoms with Gasteiger partial charge in [0, 0.05) is 35.4 Å². The summed E-state index contributed by atoms with van der Waals surface area (Å²) in [6.45, 7) is 0.897. The molecule has 3 rings (SSSR count). The fourth-order valence-electron chi connectivity index (χ4n) is 2.47. The molecule has 0 amide bonds. The zero-order valence-electron chi connectivity index (χ0n) is 12.5. The van der Waals surface area contributed by atoms with Gasteiger partial charge < -0.3 is 0 Å². The van der Waals surface area contributed by atoms with Crippen LogP contribution in [0.1, 0.15) is 11.3 Å². The van der Waals surface area contributed by atoms with Gasteiger partial charge in [-0.05, 0) is 37.4 Å². The molecule has 6 heteroatoms. The number of halogens is 2. The Morgan fingerprint density at radius 2 is 2.04 bits per heavy atom. The Balaban J connectivity index is 1.81. The van der Waals surface area contributed by atoms with Gasteiger partial charge in [-0.2, -0.15) is 0 Å². The summed E-state index contributed by atoms with van der Waals surface area (Å²) in [5.74, 6) is -0.244. The van der Waals surface area contributed by atoms with Crippen LogP contribution in [0.5, 0.6) is 0 Å². The average molecular weight is 376 g/mol. The van der Waals surface area contributed by atoms with Crippen LogP contribution in [0.4, 0.5) is 4.39 Å². The molecule has 0 radical (unpaired) electrons. The number of hydrogen-bond donors (Lipinski definition) is 0. The topological polar surface area (TPSA) is 37.6 Å². The van der Waals surface area contributed by atoms with E-state index in [0.29, 0.717) is 30.0 Å². The molecule has 0 bridgehead atoms. The molecule has 2 heterocycles. The fraction of sp³-hybridized carbons (Fsp3) is 0.176. The van der Waals surface area contributed by atoms with E-state index in [9.17, 15) is 9.18 Å². The zero-order chi connectivity index (χ0) is 16.4. The molecule has 0 fully saturated rings. The summed E-state index contributed by atoms with van der Waals surface area (Å²) in [6.07, 6.45) is 1.69. The van der Waals surface area contributed by atoms with E-state index in [0.717, 1.165) is 4.47 Å². The largest absolute Gasteiger partial charge is 0.296 e. The van der Waals surface area contributed by atoms with Gasteiger partial charge in [-0.15, -0.1) is 0 Å². The van der Waals surface area contributed by atoms with Crippen molar-refractivity contribution in [3.63, 3.8) is 0 Å². The lowest BCUT2D eigenvalue weighted by atomic mass is 10.2. The Morgan fingerprint density at radius 3 is 2.87 bits per heavy atom. The van der Waals surface area contributed by atoms with E-state index >= 15 is 0 Å². The van der Waals surface area contributed by atoms with Crippen molar-refractivity contribution < 1.29 is 4.39 Å². The normalized spacial score (nSPS) is 11.3. The van der Waals surface area contributed by atoms with Crippen molar-refractivity contribution in [1.82, 2.24) is 14.3 Å². The Morgan fingerprint density at radius 1 is 1.22 bits per heavy atom. The minimum Gasteiger partial charge on any atom is -0.296 e. The number of aromatic nitrogens is 2. The molecule has 0 aliphatic carbocycles. The molecular weight excluding hydrogens is 361 g/mol. The first kappa shape index (κ1) is 15.8. The minimum absolute atomic E-state index is 0.118. The molecule has 2 aromatic heterocycles. The molecule has 0 saturated heterocycles. The predicted octanol–water partition coefficient (Wildman–Crippen LogP) is 3.23. The number of pyridine rings is 1. The van der Waals surface area contributed by atoms with Crippen molar-refractivity contribution in [2.24, 2.45) is 0 Å². The second-order valence-corrected chi connectivity index (χ2v) is 6.34. The smallest absolute Gasteiger partial charge is 0.258 e. The van der Waals surface area contributed by atoms with Crippen molar-refractivity contribution in [2.45, 2.75) is 13.1 Å². The fourth-order valence-corrected chi connectivity index (χ4v) is 2.88. The molecule has 23 heavy (non-hydrogen) atoms. The number of rotatable bonds is 4. The van der Waals surface area contributed by atoms with Gasteiger partial charge >= 0.3 is 0 Å². The summed E-state index contributed by atoms with van der Waals surface area (Å²) in [6, 6.07) is 11.8. The number of hydrogen-bond acceptors (Lipinski definition) is 3. The first-order chi connectivity index (χ1) is 11.0. The van der Waals surface area contributed by atoms with Crippen LogP contribution in [-0.4, -0.2) is 21.3 Å². The zero-order valence-corrected chi connectivity index (χ0v) is 14.1. The summed E-state index contributed by atoms with van der Waals surface area (Å²) in [4.78, 5) is 18.5. The predicted molar refractivity (Wildman–Crippen MR) is 90.7 cm³/mol. The molecule has 118 valence electrons. The Labute approximate surface area is 141 Å². The van der Waals surface area contributed by atoms with Crippen LogP contribution in [0, 0.1) is 5.82 Å². The molecule has 1 aromatic carbocycles. The Bertz CT molecular complexity index is 910. The summed E-state index contributed by atoms with van der Waals surface area (Å²) in [5, 5.41) is 0. The van der Waals surface area contributed by atoms with Crippen LogP contribution >= 0.6 is 15.9 Å². The summed E-state index contributed by atoms with van der Waals surface area (Å²) >= 11 is 3.35. The lowest BCUT2D eigenvalue weighted by Crippen LogP contribution is -2.22. The highest BCUT2D eigenvalue weighted by molar-refractivity contribution is 9.10. The monoisotopic (exact) mass is 375 g/mol. The van der Waals surface area contributed by atoms with E-state index in [1.807, 2.05) is 18.0 Å². The van der Waals surface area contributed by atoms with Crippen molar-refractivity contribution in [3.8, 4) is 0 Å². The minimum atomic E-state index is -0.244. The van der Waals surface area contributed by atoms with E-state index < -0.39 is 0 Å². The maximum absolute atomic E-state index is 13.8. The van der Waals surface area contributed by atoms with Gasteiger partial charge in [-0.3, -0.25) is 14.1 Å². The maximum atomic E-state index is 13.8. The van der Waals surface area contributed by atoms with E-state index in [4.69, 9.17) is 0 Å². The third-order valence-corrected chi connectivity index (χ3v) is 4.00. The van der Waals surface area contributed by atoms with Crippen molar-refractivity contribution in [2.75, 3.05) is 7.05 Å². The van der Waals surface area contributed by atoms with Crippen molar-refractivity contribution >= 4 is 21.6 Å². The van der Waals surface area contributed by atoms with Gasteiger partial charge in [-0.1, -0.05) is 22.0 Å². The average Bonchev–Trinajstić information content (AvgIpc) is 2.51. The van der Waals surface area contributed by atoms with Gasteiger partial charge in [0.1, 0.15) is 11.5 Å². The van der Waals surface area contributed by atoms with Gasteiger partial charge in [-0.25, -0.2) is 9.37 Å². The number of nitrogens with zero attached hydrogens (tertiary/aromatic N) is 3. The Hall–Kier alpha value is -2.05. The second-order valence-electron chi connectivity index (χ2n) is 5.42. The number of fused-ring (bicyclic) bond motifs is 1. The molecule has 0 spiro atoms. The van der Waals surface area contributed by atoms with Gasteiger partial charge in [0.05, 0.1) is 5.69 Å². The molecule has 4 nitrogen and oxygen atoms in total. The van der Waals surface area contributed by atoms with Crippen molar-refractivity contribution in [3.05, 3.63) is 80.6 Å². The third-order valence-electron chi connectivity index (χ3n) is 3.50. The van der Waals surface area contributed by atoms with Crippen LogP contribution in [0.3, 0.4) is 0 Å². The highest BCUT2D eigenvalue weighted by Crippen LogP contribution is 2.17. The highest BCUT2D eigenvalue weighted by atomic mass is 79.9. The summed E-state index contributed by atoms with van der Waals surface area (Å²) < 4.78 is 16.2. The van der Waals surface area contributed by atoms with Gasteiger partial charge in [0.2, 0.25) is 0 Å². The van der Waals surface area contributed by atoms with E-state index in [-0.39, 0.29) is 11.4 Å². The first-order valence-corrected chi connectivity index (χ1v) is 7.92. The summed E-state index contributed by atoms with van der Waals surface area (Å²) in [7, 11) is 1.87. The molecule has 3 aromatic rings. The van der Waals surface area contributed by atoms with Crippen LogP contribution in [0.15, 0.2) is 57.9 Å². The molecule has 0 atom stereocenters. The third kappa shape index (κ3) is 3.65. The highest BCUT2D eigenvalue weighted by Gasteiger charge is 2.09. The quantitative estimate of drug-likeness (QED) is 0.702. The molecule has 0 saturated carbocycles. The van der Waals surface area contributed by atoms with E-state index in [1.54, 1.807) is 30.5 Å². The Kier molecular flexibility index (Phi) is 4.54. The van der Waals surface area contributed by atoms with Crippen LogP contribution in [-0.2, 0) is 13.1 Å².